The molecule has 0 radical (unpaired) electrons. The van der Waals surface area contributed by atoms with Crippen LogP contribution in [0.2, 0.25) is 0 Å². The van der Waals surface area contributed by atoms with E-state index in [2.05, 4.69) is 45.9 Å². The van der Waals surface area contributed by atoms with E-state index in [1.165, 1.54) is 49.8 Å². The third kappa shape index (κ3) is 12.4. The molecule has 2 aromatic carbocycles. The molecule has 0 aliphatic heterocycles. The summed E-state index contributed by atoms with van der Waals surface area (Å²) in [5.41, 5.74) is 5.20. The summed E-state index contributed by atoms with van der Waals surface area (Å²) in [4.78, 5) is 20.8. The first kappa shape index (κ1) is 30.6. The first-order chi connectivity index (χ1) is 15.5. The van der Waals surface area contributed by atoms with Crippen molar-refractivity contribution in [3.63, 3.8) is 0 Å². The van der Waals surface area contributed by atoms with Gasteiger partial charge in [0.15, 0.2) is 0 Å². The fraction of sp³-hybridized carbons (Fsp3) is 0.533. The maximum atomic E-state index is 11.4. The Hall–Kier alpha value is -2.42. The molecule has 33 heavy (non-hydrogen) atoms. The van der Waals surface area contributed by atoms with Gasteiger partial charge in [-0.3, -0.25) is 4.79 Å². The lowest BCUT2D eigenvalue weighted by molar-refractivity contribution is -0.128. The van der Waals surface area contributed by atoms with E-state index < -0.39 is 0 Å². The van der Waals surface area contributed by atoms with Gasteiger partial charge in [0, 0.05) is 5.41 Å². The van der Waals surface area contributed by atoms with Gasteiger partial charge in [-0.15, -0.1) is 0 Å². The summed E-state index contributed by atoms with van der Waals surface area (Å²) in [7, 11) is 0. The Morgan fingerprint density at radius 3 is 1.73 bits per heavy atom. The number of phenolic OH excluding ortho intramolecular Hbond substituents is 1. The molecule has 3 heteroatoms. The molecule has 0 heterocycles. The maximum absolute atomic E-state index is 11.4. The minimum atomic E-state index is 0.0816. The molecule has 1 saturated carbocycles. The number of rotatable bonds is 3. The van der Waals surface area contributed by atoms with Crippen LogP contribution in [0.1, 0.15) is 95.4 Å². The van der Waals surface area contributed by atoms with Crippen molar-refractivity contribution in [2.24, 2.45) is 5.41 Å². The van der Waals surface area contributed by atoms with Crippen LogP contribution in [0.25, 0.3) is 0 Å². The standard InChI is InChI=1S/C10H18O.C9H12.C8H10O.C3H6O/c1-3-10(9(2)11)7-5-4-6-8-10;1-7-4-5-8(2)9(3)6-7;1-2-7-5-3-4-6-8(7)9;1-3(2)4/h3-8H2,1-2H3;4-6H,1-3H3;3-6,9H,2H2,1H3;1-2H3. The SMILES string of the molecule is CC(C)=O.CCC1(C(C)=O)CCCCC1.CCc1ccccc1O.Cc1ccc(C)c(C)c1. The van der Waals surface area contributed by atoms with Crippen molar-refractivity contribution in [1.82, 2.24) is 0 Å². The van der Waals surface area contributed by atoms with Gasteiger partial charge in [-0.25, -0.2) is 0 Å². The minimum Gasteiger partial charge on any atom is -0.508 e. The molecule has 3 nitrogen and oxygen atoms in total. The van der Waals surface area contributed by atoms with E-state index in [0.717, 1.165) is 31.2 Å². The van der Waals surface area contributed by atoms with Gasteiger partial charge in [0.1, 0.15) is 17.3 Å². The van der Waals surface area contributed by atoms with Crippen molar-refractivity contribution >= 4 is 11.6 Å². The summed E-state index contributed by atoms with van der Waals surface area (Å²) in [6, 6.07) is 13.9. The lowest BCUT2D eigenvalue weighted by Gasteiger charge is -2.33. The quantitative estimate of drug-likeness (QED) is 0.510. The van der Waals surface area contributed by atoms with Crippen molar-refractivity contribution < 1.29 is 14.7 Å². The van der Waals surface area contributed by atoms with E-state index in [0.29, 0.717) is 11.5 Å². The van der Waals surface area contributed by atoms with E-state index >= 15 is 0 Å². The highest BCUT2D eigenvalue weighted by Gasteiger charge is 2.34. The Labute approximate surface area is 202 Å². The molecular formula is C30H46O3. The normalized spacial score (nSPS) is 13.7. The smallest absolute Gasteiger partial charge is 0.135 e. The maximum Gasteiger partial charge on any atom is 0.135 e. The van der Waals surface area contributed by atoms with Crippen LogP contribution in [0.5, 0.6) is 5.75 Å². The highest BCUT2D eigenvalue weighted by molar-refractivity contribution is 5.82. The average Bonchev–Trinajstić information content (AvgIpc) is 2.78. The Kier molecular flexibility index (Phi) is 15.0. The zero-order chi connectivity index (χ0) is 25.4. The summed E-state index contributed by atoms with van der Waals surface area (Å²) in [5.74, 6) is 0.986. The van der Waals surface area contributed by atoms with Crippen LogP contribution in [0.15, 0.2) is 42.5 Å². The van der Waals surface area contributed by atoms with Crippen LogP contribution >= 0.6 is 0 Å². The van der Waals surface area contributed by atoms with Crippen molar-refractivity contribution in [3.05, 3.63) is 64.7 Å². The predicted molar refractivity (Wildman–Crippen MR) is 141 cm³/mol. The van der Waals surface area contributed by atoms with E-state index in [9.17, 15) is 9.59 Å². The summed E-state index contributed by atoms with van der Waals surface area (Å²) >= 11 is 0. The van der Waals surface area contributed by atoms with Gasteiger partial charge in [0.25, 0.3) is 0 Å². The topological polar surface area (TPSA) is 54.4 Å². The van der Waals surface area contributed by atoms with E-state index in [1.807, 2.05) is 25.1 Å². The molecule has 0 unspecified atom stereocenters. The number of hydrogen-bond acceptors (Lipinski definition) is 3. The Bertz CT molecular complexity index is 841. The molecule has 0 bridgehead atoms. The lowest BCUT2D eigenvalue weighted by atomic mass is 9.70. The molecule has 2 aromatic rings. The van der Waals surface area contributed by atoms with Crippen molar-refractivity contribution in [2.45, 2.75) is 100 Å². The molecule has 0 aromatic heterocycles. The predicted octanol–water partition coefficient (Wildman–Crippen LogP) is 8.10. The summed E-state index contributed by atoms with van der Waals surface area (Å²) in [6.45, 7) is 15.4. The van der Waals surface area contributed by atoms with Crippen LogP contribution in [0.3, 0.4) is 0 Å². The number of carbonyl (C=O) groups excluding carboxylic acids is 2. The Morgan fingerprint density at radius 1 is 0.848 bits per heavy atom. The molecule has 184 valence electrons. The second-order valence-electron chi connectivity index (χ2n) is 9.23. The first-order valence-electron chi connectivity index (χ1n) is 12.3. The highest BCUT2D eigenvalue weighted by atomic mass is 16.3. The number of aryl methyl sites for hydroxylation is 4. The van der Waals surface area contributed by atoms with Crippen LogP contribution in [0.4, 0.5) is 0 Å². The number of para-hydroxylation sites is 1. The summed E-state index contributed by atoms with van der Waals surface area (Å²) in [6.07, 6.45) is 8.06. The zero-order valence-corrected chi connectivity index (χ0v) is 22.3. The molecular weight excluding hydrogens is 408 g/mol. The monoisotopic (exact) mass is 454 g/mol. The number of carbonyl (C=O) groups is 2. The molecule has 1 fully saturated rings. The van der Waals surface area contributed by atoms with Gasteiger partial charge in [-0.05, 0) is 90.0 Å². The second kappa shape index (κ2) is 16.2. The number of ketones is 2. The highest BCUT2D eigenvalue weighted by Crippen LogP contribution is 2.39. The molecule has 1 N–H and O–H groups in total. The Morgan fingerprint density at radius 2 is 1.39 bits per heavy atom. The fourth-order valence-electron chi connectivity index (χ4n) is 3.88. The number of phenols is 1. The van der Waals surface area contributed by atoms with Gasteiger partial charge in [0.05, 0.1) is 0 Å². The lowest BCUT2D eigenvalue weighted by Crippen LogP contribution is -2.30. The van der Waals surface area contributed by atoms with Crippen molar-refractivity contribution in [2.75, 3.05) is 0 Å². The van der Waals surface area contributed by atoms with E-state index in [1.54, 1.807) is 13.0 Å². The van der Waals surface area contributed by atoms with E-state index in [4.69, 9.17) is 5.11 Å². The summed E-state index contributed by atoms with van der Waals surface area (Å²) in [5, 5.41) is 9.11. The first-order valence-corrected chi connectivity index (χ1v) is 12.3. The Balaban J connectivity index is 0.000000433. The van der Waals surface area contributed by atoms with Gasteiger partial charge in [0.2, 0.25) is 0 Å². The molecule has 0 amide bonds. The molecule has 0 saturated heterocycles. The second-order valence-corrected chi connectivity index (χ2v) is 9.23. The number of hydrogen-bond donors (Lipinski definition) is 1. The van der Waals surface area contributed by atoms with Crippen LogP contribution in [-0.4, -0.2) is 16.7 Å². The third-order valence-corrected chi connectivity index (χ3v) is 6.27. The molecule has 1 aliphatic carbocycles. The van der Waals surface area contributed by atoms with Gasteiger partial charge < -0.3 is 9.90 Å². The average molecular weight is 455 g/mol. The van der Waals surface area contributed by atoms with Crippen LogP contribution in [0, 0.1) is 26.2 Å². The summed E-state index contributed by atoms with van der Waals surface area (Å²) < 4.78 is 0. The third-order valence-electron chi connectivity index (χ3n) is 6.27. The zero-order valence-electron chi connectivity index (χ0n) is 22.3. The molecule has 1 aliphatic rings. The van der Waals surface area contributed by atoms with Gasteiger partial charge >= 0.3 is 0 Å². The van der Waals surface area contributed by atoms with Crippen LogP contribution in [-0.2, 0) is 16.0 Å². The van der Waals surface area contributed by atoms with E-state index in [-0.39, 0.29) is 11.2 Å². The number of Topliss-reactive ketones (excluding diaryl/α,β-unsaturated/α-hetero) is 2. The van der Waals surface area contributed by atoms with Crippen LogP contribution < -0.4 is 0 Å². The van der Waals surface area contributed by atoms with Gasteiger partial charge in [-0.2, -0.15) is 0 Å². The van der Waals surface area contributed by atoms with Crippen molar-refractivity contribution in [1.29, 1.82) is 0 Å². The minimum absolute atomic E-state index is 0.0816. The van der Waals surface area contributed by atoms with Gasteiger partial charge in [-0.1, -0.05) is 75.1 Å². The number of benzene rings is 2. The molecule has 0 spiro atoms. The molecule has 3 rings (SSSR count). The van der Waals surface area contributed by atoms with Crippen molar-refractivity contribution in [3.8, 4) is 5.75 Å². The number of aromatic hydroxyl groups is 1. The largest absolute Gasteiger partial charge is 0.508 e. The fourth-order valence-corrected chi connectivity index (χ4v) is 3.88. The molecule has 0 atom stereocenters.